The summed E-state index contributed by atoms with van der Waals surface area (Å²) in [5, 5.41) is 7.29. The van der Waals surface area contributed by atoms with Crippen LogP contribution in [0.2, 0.25) is 0 Å². The Hall–Kier alpha value is -2.04. The molecule has 0 aliphatic carbocycles. The maximum atomic E-state index is 11.0. The zero-order chi connectivity index (χ0) is 10.8. The van der Waals surface area contributed by atoms with E-state index in [0.29, 0.717) is 0 Å². The van der Waals surface area contributed by atoms with Crippen molar-refractivity contribution in [2.75, 3.05) is 0 Å². The van der Waals surface area contributed by atoms with E-state index < -0.39 is 18.2 Å². The first-order chi connectivity index (χ1) is 7.15. The molecular formula is C10H11N3O2. The Morgan fingerprint density at radius 2 is 1.53 bits per heavy atom. The second kappa shape index (κ2) is 3.61. The van der Waals surface area contributed by atoms with Crippen molar-refractivity contribution in [1.29, 1.82) is 0 Å². The maximum absolute atomic E-state index is 11.0. The van der Waals surface area contributed by atoms with Gasteiger partial charge in [-0.1, -0.05) is 29.8 Å². The fourth-order valence-corrected chi connectivity index (χ4v) is 1.40. The Morgan fingerprint density at radius 3 is 2.07 bits per heavy atom. The minimum atomic E-state index is -0.482. The summed E-state index contributed by atoms with van der Waals surface area (Å²) in [7, 11) is 0. The topological polar surface area (TPSA) is 70.2 Å². The lowest BCUT2D eigenvalue weighted by molar-refractivity contribution is 0.209. The molecule has 78 valence electrons. The Bertz CT molecular complexity index is 384. The fraction of sp³-hybridized carbons (Fsp3) is 0.200. The van der Waals surface area contributed by atoms with Gasteiger partial charge in [-0.15, -0.1) is 0 Å². The number of aryl methyl sites for hydroxylation is 1. The van der Waals surface area contributed by atoms with Crippen LogP contribution in [0.3, 0.4) is 0 Å². The van der Waals surface area contributed by atoms with Crippen LogP contribution < -0.4 is 16.0 Å². The van der Waals surface area contributed by atoms with Gasteiger partial charge in [0.15, 0.2) is 0 Å². The predicted octanol–water partition coefficient (Wildman–Crippen LogP) is 1.02. The van der Waals surface area contributed by atoms with Crippen molar-refractivity contribution >= 4 is 12.1 Å². The second-order valence-corrected chi connectivity index (χ2v) is 3.42. The van der Waals surface area contributed by atoms with E-state index in [0.717, 1.165) is 11.1 Å². The predicted molar refractivity (Wildman–Crippen MR) is 54.1 cm³/mol. The molecule has 2 rings (SSSR count). The molecule has 1 aromatic rings. The van der Waals surface area contributed by atoms with Gasteiger partial charge in [0.2, 0.25) is 0 Å². The van der Waals surface area contributed by atoms with Crippen molar-refractivity contribution in [2.24, 2.45) is 0 Å². The van der Waals surface area contributed by atoms with Gasteiger partial charge in [0.1, 0.15) is 6.17 Å². The van der Waals surface area contributed by atoms with E-state index in [4.69, 9.17) is 0 Å². The molecule has 0 atom stereocenters. The molecule has 1 aliphatic heterocycles. The van der Waals surface area contributed by atoms with Gasteiger partial charge >= 0.3 is 12.1 Å². The number of amides is 4. The molecule has 0 unspecified atom stereocenters. The van der Waals surface area contributed by atoms with E-state index in [9.17, 15) is 9.59 Å². The summed E-state index contributed by atoms with van der Waals surface area (Å²) in [4.78, 5) is 22.1. The summed E-state index contributed by atoms with van der Waals surface area (Å²) >= 11 is 0. The molecule has 0 radical (unpaired) electrons. The van der Waals surface area contributed by atoms with Gasteiger partial charge in [-0.05, 0) is 12.5 Å². The molecular weight excluding hydrogens is 194 g/mol. The highest BCUT2D eigenvalue weighted by Crippen LogP contribution is 2.12. The molecule has 1 heterocycles. The molecule has 0 spiro atoms. The van der Waals surface area contributed by atoms with E-state index in [2.05, 4.69) is 16.0 Å². The van der Waals surface area contributed by atoms with Crippen molar-refractivity contribution in [1.82, 2.24) is 16.0 Å². The number of rotatable bonds is 1. The van der Waals surface area contributed by atoms with Gasteiger partial charge in [0, 0.05) is 0 Å². The number of carbonyl (C=O) groups excluding carboxylic acids is 2. The molecule has 1 fully saturated rings. The molecule has 0 aromatic heterocycles. The molecule has 3 N–H and O–H groups in total. The van der Waals surface area contributed by atoms with Crippen LogP contribution in [0.4, 0.5) is 9.59 Å². The van der Waals surface area contributed by atoms with Gasteiger partial charge in [-0.3, -0.25) is 5.32 Å². The average Bonchev–Trinajstić information content (AvgIpc) is 2.17. The summed E-state index contributed by atoms with van der Waals surface area (Å²) in [6, 6.07) is 6.62. The third-order valence-electron chi connectivity index (χ3n) is 2.19. The molecule has 1 aliphatic rings. The number of carbonyl (C=O) groups is 2. The van der Waals surface area contributed by atoms with Crippen LogP contribution in [-0.4, -0.2) is 12.1 Å². The van der Waals surface area contributed by atoms with Crippen molar-refractivity contribution in [3.63, 3.8) is 0 Å². The van der Waals surface area contributed by atoms with Crippen LogP contribution in [0.15, 0.2) is 24.3 Å². The average molecular weight is 205 g/mol. The molecule has 4 amide bonds. The smallest absolute Gasteiger partial charge is 0.313 e. The van der Waals surface area contributed by atoms with Crippen molar-refractivity contribution in [3.8, 4) is 0 Å². The monoisotopic (exact) mass is 205 g/mol. The van der Waals surface area contributed by atoms with Crippen LogP contribution in [0.5, 0.6) is 0 Å². The molecule has 5 nitrogen and oxygen atoms in total. The Kier molecular flexibility index (Phi) is 2.29. The van der Waals surface area contributed by atoms with Gasteiger partial charge in [-0.25, -0.2) is 9.59 Å². The zero-order valence-electron chi connectivity index (χ0n) is 8.20. The molecule has 5 heteroatoms. The SMILES string of the molecule is Cc1ccc(C2NC(=O)NC(=O)N2)cc1. The van der Waals surface area contributed by atoms with Crippen LogP contribution in [-0.2, 0) is 0 Å². The summed E-state index contributed by atoms with van der Waals surface area (Å²) < 4.78 is 0. The lowest BCUT2D eigenvalue weighted by Crippen LogP contribution is -2.56. The van der Waals surface area contributed by atoms with Crippen LogP contribution in [0.1, 0.15) is 17.3 Å². The maximum Gasteiger partial charge on any atom is 0.324 e. The fourth-order valence-electron chi connectivity index (χ4n) is 1.40. The van der Waals surface area contributed by atoms with E-state index >= 15 is 0 Å². The molecule has 0 bridgehead atoms. The minimum Gasteiger partial charge on any atom is -0.313 e. The van der Waals surface area contributed by atoms with Gasteiger partial charge in [-0.2, -0.15) is 0 Å². The highest BCUT2D eigenvalue weighted by molar-refractivity contribution is 5.96. The number of imide groups is 1. The van der Waals surface area contributed by atoms with Crippen molar-refractivity contribution in [3.05, 3.63) is 35.4 Å². The summed E-state index contributed by atoms with van der Waals surface area (Å²) in [6.07, 6.45) is -0.452. The Balaban J connectivity index is 2.19. The first-order valence-electron chi connectivity index (χ1n) is 4.60. The normalized spacial score (nSPS) is 16.6. The number of urea groups is 2. The highest BCUT2D eigenvalue weighted by atomic mass is 16.2. The van der Waals surface area contributed by atoms with E-state index in [1.54, 1.807) is 0 Å². The standard InChI is InChI=1S/C10H11N3O2/c1-6-2-4-7(5-3-6)8-11-9(14)13-10(15)12-8/h2-5,8H,1H3,(H3,11,12,13,14,15). The Morgan fingerprint density at radius 1 is 1.00 bits per heavy atom. The van der Waals surface area contributed by atoms with E-state index in [1.165, 1.54) is 0 Å². The van der Waals surface area contributed by atoms with E-state index in [1.807, 2.05) is 31.2 Å². The number of hydrogen-bond donors (Lipinski definition) is 3. The lowest BCUT2D eigenvalue weighted by Gasteiger charge is -2.25. The highest BCUT2D eigenvalue weighted by Gasteiger charge is 2.23. The van der Waals surface area contributed by atoms with Gasteiger partial charge in [0.25, 0.3) is 0 Å². The quantitative estimate of drug-likeness (QED) is 0.640. The summed E-state index contributed by atoms with van der Waals surface area (Å²) in [5.74, 6) is 0. The van der Waals surface area contributed by atoms with Gasteiger partial charge < -0.3 is 10.6 Å². The van der Waals surface area contributed by atoms with Crippen LogP contribution >= 0.6 is 0 Å². The van der Waals surface area contributed by atoms with E-state index in [-0.39, 0.29) is 0 Å². The number of nitrogens with one attached hydrogen (secondary N) is 3. The molecule has 0 saturated carbocycles. The molecule has 1 aromatic carbocycles. The van der Waals surface area contributed by atoms with Crippen molar-refractivity contribution in [2.45, 2.75) is 13.1 Å². The second-order valence-electron chi connectivity index (χ2n) is 3.42. The summed E-state index contributed by atoms with van der Waals surface area (Å²) in [5.41, 5.74) is 1.98. The van der Waals surface area contributed by atoms with Crippen LogP contribution in [0, 0.1) is 6.92 Å². The first kappa shape index (κ1) is 9.51. The third kappa shape index (κ3) is 2.07. The third-order valence-corrected chi connectivity index (χ3v) is 2.19. The first-order valence-corrected chi connectivity index (χ1v) is 4.60. The number of benzene rings is 1. The largest absolute Gasteiger partial charge is 0.324 e. The van der Waals surface area contributed by atoms with Crippen molar-refractivity contribution < 1.29 is 9.59 Å². The molecule has 15 heavy (non-hydrogen) atoms. The Labute approximate surface area is 86.9 Å². The van der Waals surface area contributed by atoms with Gasteiger partial charge in [0.05, 0.1) is 0 Å². The molecule has 1 saturated heterocycles. The summed E-state index contributed by atoms with van der Waals surface area (Å²) in [6.45, 7) is 1.98. The number of hydrogen-bond acceptors (Lipinski definition) is 2. The van der Waals surface area contributed by atoms with Crippen LogP contribution in [0.25, 0.3) is 0 Å². The lowest BCUT2D eigenvalue weighted by atomic mass is 10.1. The zero-order valence-corrected chi connectivity index (χ0v) is 8.20. The minimum absolute atomic E-state index is 0.452.